The molecule has 0 aliphatic carbocycles. The molecule has 0 aromatic carbocycles. The van der Waals surface area contributed by atoms with Gasteiger partial charge in [0, 0.05) is 18.9 Å². The molecule has 0 aliphatic heterocycles. The number of hydrogen-bond donors (Lipinski definition) is 2. The van der Waals surface area contributed by atoms with Crippen molar-refractivity contribution in [1.29, 1.82) is 0 Å². The Hall–Kier alpha value is -1.19. The normalized spacial score (nSPS) is 11.4. The zero-order chi connectivity index (χ0) is 10.3. The van der Waals surface area contributed by atoms with E-state index >= 15 is 0 Å². The molecule has 2 N–H and O–H groups in total. The number of nitrogens with one attached hydrogen (secondary N) is 2. The van der Waals surface area contributed by atoms with Gasteiger partial charge in [-0.25, -0.2) is 4.79 Å². The van der Waals surface area contributed by atoms with Crippen LogP contribution in [0.25, 0.3) is 0 Å². The summed E-state index contributed by atoms with van der Waals surface area (Å²) in [6.45, 7) is 8.26. The van der Waals surface area contributed by atoms with E-state index in [1.54, 1.807) is 6.20 Å². The fourth-order valence-corrected chi connectivity index (χ4v) is 0.594. The zero-order valence-corrected chi connectivity index (χ0v) is 8.68. The van der Waals surface area contributed by atoms with E-state index in [0.717, 1.165) is 6.54 Å². The third-order valence-corrected chi connectivity index (χ3v) is 1.01. The first-order valence-electron chi connectivity index (χ1n) is 4.33. The summed E-state index contributed by atoms with van der Waals surface area (Å²) in [7, 11) is 0. The lowest BCUT2D eigenvalue weighted by molar-refractivity contribution is 0.0552. The molecule has 0 unspecified atom stereocenters. The minimum Gasteiger partial charge on any atom is -0.444 e. The summed E-state index contributed by atoms with van der Waals surface area (Å²) in [5.41, 5.74) is -0.448. The Morgan fingerprint density at radius 3 is 2.46 bits per heavy atom. The molecule has 0 radical (unpaired) electrons. The summed E-state index contributed by atoms with van der Waals surface area (Å²) >= 11 is 0. The molecule has 13 heavy (non-hydrogen) atoms. The van der Waals surface area contributed by atoms with Gasteiger partial charge >= 0.3 is 6.09 Å². The first kappa shape index (κ1) is 11.8. The molecule has 0 bridgehead atoms. The SMILES string of the molecule is CCN/C=C/NC(=O)OC(C)(C)C. The van der Waals surface area contributed by atoms with Crippen molar-refractivity contribution >= 4 is 6.09 Å². The van der Waals surface area contributed by atoms with Crippen molar-refractivity contribution in [1.82, 2.24) is 10.6 Å². The highest BCUT2D eigenvalue weighted by Crippen LogP contribution is 2.05. The highest BCUT2D eigenvalue weighted by molar-refractivity contribution is 5.68. The highest BCUT2D eigenvalue weighted by Gasteiger charge is 2.14. The van der Waals surface area contributed by atoms with Crippen molar-refractivity contribution in [3.63, 3.8) is 0 Å². The third kappa shape index (κ3) is 8.72. The summed E-state index contributed by atoms with van der Waals surface area (Å²) in [5.74, 6) is 0. The van der Waals surface area contributed by atoms with Crippen LogP contribution >= 0.6 is 0 Å². The van der Waals surface area contributed by atoms with Crippen molar-refractivity contribution in [2.24, 2.45) is 0 Å². The number of alkyl carbamates (subject to hydrolysis) is 1. The Labute approximate surface area is 79.3 Å². The second-order valence-corrected chi connectivity index (χ2v) is 3.54. The molecule has 0 rings (SSSR count). The van der Waals surface area contributed by atoms with Gasteiger partial charge in [-0.15, -0.1) is 0 Å². The Morgan fingerprint density at radius 2 is 2.00 bits per heavy atom. The Balaban J connectivity index is 3.64. The number of rotatable bonds is 3. The number of carbonyl (C=O) groups excluding carboxylic acids is 1. The maximum Gasteiger partial charge on any atom is 0.411 e. The van der Waals surface area contributed by atoms with Crippen LogP contribution in [0, 0.1) is 0 Å². The molecule has 0 fully saturated rings. The molecule has 4 heteroatoms. The van der Waals surface area contributed by atoms with Crippen LogP contribution in [-0.4, -0.2) is 18.2 Å². The Morgan fingerprint density at radius 1 is 1.38 bits per heavy atom. The van der Waals surface area contributed by atoms with Crippen molar-refractivity contribution in [3.8, 4) is 0 Å². The molecule has 0 heterocycles. The molecule has 0 aromatic heterocycles. The summed E-state index contributed by atoms with van der Waals surface area (Å²) in [6, 6.07) is 0. The Bertz CT molecular complexity index is 183. The summed E-state index contributed by atoms with van der Waals surface area (Å²) in [5, 5.41) is 5.39. The lowest BCUT2D eigenvalue weighted by Crippen LogP contribution is -2.29. The molecule has 76 valence electrons. The van der Waals surface area contributed by atoms with Gasteiger partial charge < -0.3 is 10.1 Å². The van der Waals surface area contributed by atoms with Gasteiger partial charge in [-0.2, -0.15) is 0 Å². The third-order valence-electron chi connectivity index (χ3n) is 1.01. The van der Waals surface area contributed by atoms with Crippen LogP contribution in [0.2, 0.25) is 0 Å². The van der Waals surface area contributed by atoms with Crippen LogP contribution in [-0.2, 0) is 4.74 Å². The van der Waals surface area contributed by atoms with Crippen LogP contribution < -0.4 is 10.6 Å². The fraction of sp³-hybridized carbons (Fsp3) is 0.667. The minimum atomic E-state index is -0.448. The number of hydrogen-bond acceptors (Lipinski definition) is 3. The average molecular weight is 186 g/mol. The predicted octanol–water partition coefficient (Wildman–Crippen LogP) is 1.59. The predicted molar refractivity (Wildman–Crippen MR) is 52.2 cm³/mol. The van der Waals surface area contributed by atoms with Gasteiger partial charge in [0.2, 0.25) is 0 Å². The zero-order valence-electron chi connectivity index (χ0n) is 8.68. The maximum atomic E-state index is 11.0. The number of ether oxygens (including phenoxy) is 1. The molecule has 4 nitrogen and oxygen atoms in total. The molecular formula is C9H18N2O2. The standard InChI is InChI=1S/C9H18N2O2/c1-5-10-6-7-11-8(12)13-9(2,3)4/h6-7,10H,5H2,1-4H3,(H,11,12)/b7-6+. The molecule has 0 saturated heterocycles. The molecule has 0 spiro atoms. The highest BCUT2D eigenvalue weighted by atomic mass is 16.6. The van der Waals surface area contributed by atoms with Crippen LogP contribution in [0.15, 0.2) is 12.4 Å². The fourth-order valence-electron chi connectivity index (χ4n) is 0.594. The van der Waals surface area contributed by atoms with Gasteiger partial charge in [0.1, 0.15) is 5.60 Å². The first-order valence-corrected chi connectivity index (χ1v) is 4.33. The quantitative estimate of drug-likeness (QED) is 0.703. The van der Waals surface area contributed by atoms with E-state index in [0.29, 0.717) is 0 Å². The van der Waals surface area contributed by atoms with E-state index in [1.165, 1.54) is 6.20 Å². The molecule has 0 aromatic rings. The van der Waals surface area contributed by atoms with Crippen molar-refractivity contribution < 1.29 is 9.53 Å². The smallest absolute Gasteiger partial charge is 0.411 e. The number of carbonyl (C=O) groups is 1. The molecule has 0 atom stereocenters. The van der Waals surface area contributed by atoms with Crippen molar-refractivity contribution in [3.05, 3.63) is 12.4 Å². The van der Waals surface area contributed by atoms with E-state index in [9.17, 15) is 4.79 Å². The van der Waals surface area contributed by atoms with Crippen molar-refractivity contribution in [2.75, 3.05) is 6.54 Å². The van der Waals surface area contributed by atoms with Gasteiger partial charge in [0.25, 0.3) is 0 Å². The molecule has 0 aliphatic rings. The first-order chi connectivity index (χ1) is 5.95. The summed E-state index contributed by atoms with van der Waals surface area (Å²) < 4.78 is 4.99. The largest absolute Gasteiger partial charge is 0.444 e. The van der Waals surface area contributed by atoms with Gasteiger partial charge in [-0.3, -0.25) is 5.32 Å². The molecular weight excluding hydrogens is 168 g/mol. The van der Waals surface area contributed by atoms with Gasteiger partial charge in [0.05, 0.1) is 0 Å². The van der Waals surface area contributed by atoms with E-state index in [4.69, 9.17) is 4.74 Å². The monoisotopic (exact) mass is 186 g/mol. The lowest BCUT2D eigenvalue weighted by Gasteiger charge is -2.18. The average Bonchev–Trinajstić information content (AvgIpc) is 1.94. The van der Waals surface area contributed by atoms with E-state index in [-0.39, 0.29) is 0 Å². The van der Waals surface area contributed by atoms with E-state index in [2.05, 4.69) is 10.6 Å². The van der Waals surface area contributed by atoms with Crippen LogP contribution in [0.5, 0.6) is 0 Å². The second-order valence-electron chi connectivity index (χ2n) is 3.54. The van der Waals surface area contributed by atoms with E-state index in [1.807, 2.05) is 27.7 Å². The lowest BCUT2D eigenvalue weighted by atomic mass is 10.2. The second kappa shape index (κ2) is 5.45. The molecule has 0 saturated carbocycles. The topological polar surface area (TPSA) is 50.4 Å². The van der Waals surface area contributed by atoms with Crippen LogP contribution in [0.4, 0.5) is 4.79 Å². The summed E-state index contributed by atoms with van der Waals surface area (Å²) in [6.07, 6.45) is 2.73. The van der Waals surface area contributed by atoms with Crippen LogP contribution in [0.3, 0.4) is 0 Å². The van der Waals surface area contributed by atoms with Gasteiger partial charge in [-0.1, -0.05) is 0 Å². The Kier molecular flexibility index (Phi) is 4.96. The van der Waals surface area contributed by atoms with Gasteiger partial charge in [0.15, 0.2) is 0 Å². The molecule has 1 amide bonds. The summed E-state index contributed by atoms with van der Waals surface area (Å²) in [4.78, 5) is 11.0. The minimum absolute atomic E-state index is 0.443. The van der Waals surface area contributed by atoms with Crippen molar-refractivity contribution in [2.45, 2.75) is 33.3 Å². The van der Waals surface area contributed by atoms with Gasteiger partial charge in [-0.05, 0) is 27.7 Å². The van der Waals surface area contributed by atoms with E-state index < -0.39 is 11.7 Å². The number of amides is 1. The van der Waals surface area contributed by atoms with Crippen LogP contribution in [0.1, 0.15) is 27.7 Å². The maximum absolute atomic E-state index is 11.0.